The van der Waals surface area contributed by atoms with Crippen molar-refractivity contribution in [3.63, 3.8) is 0 Å². The van der Waals surface area contributed by atoms with Gasteiger partial charge in [-0.15, -0.1) is 0 Å². The molecule has 0 fully saturated rings. The van der Waals surface area contributed by atoms with Crippen LogP contribution < -0.4 is 4.90 Å². The lowest BCUT2D eigenvalue weighted by Gasteiger charge is -2.24. The first-order chi connectivity index (χ1) is 11.7. The van der Waals surface area contributed by atoms with Crippen LogP contribution in [0.3, 0.4) is 0 Å². The van der Waals surface area contributed by atoms with Gasteiger partial charge < -0.3 is 4.90 Å². The van der Waals surface area contributed by atoms with Crippen LogP contribution in [0.25, 0.3) is 0 Å². The van der Waals surface area contributed by atoms with E-state index in [1.165, 1.54) is 16.7 Å². The highest BCUT2D eigenvalue weighted by molar-refractivity contribution is 5.42. The Bertz CT molecular complexity index is 692. The van der Waals surface area contributed by atoms with Crippen molar-refractivity contribution in [2.24, 2.45) is 0 Å². The van der Waals surface area contributed by atoms with Crippen LogP contribution in [0.15, 0.2) is 79.0 Å². The summed E-state index contributed by atoms with van der Waals surface area (Å²) in [6.45, 7) is 6.10. The molecule has 0 saturated heterocycles. The van der Waals surface area contributed by atoms with Crippen LogP contribution in [0, 0.1) is 0 Å². The number of hydrogen-bond donors (Lipinski definition) is 0. The lowest BCUT2D eigenvalue weighted by atomic mass is 10.1. The molecule has 24 heavy (non-hydrogen) atoms. The molecular weight excluding hydrogens is 292 g/mol. The van der Waals surface area contributed by atoms with Crippen LogP contribution in [0.5, 0.6) is 0 Å². The molecule has 2 aromatic carbocycles. The zero-order valence-corrected chi connectivity index (χ0v) is 14.4. The van der Waals surface area contributed by atoms with Gasteiger partial charge in [-0.25, -0.2) is 4.98 Å². The van der Waals surface area contributed by atoms with E-state index in [1.807, 2.05) is 6.20 Å². The Hall–Kier alpha value is -2.61. The summed E-state index contributed by atoms with van der Waals surface area (Å²) in [4.78, 5) is 7.05. The lowest BCUT2D eigenvalue weighted by molar-refractivity contribution is 0.778. The molecule has 1 aromatic heterocycles. The largest absolute Gasteiger partial charge is 0.348 e. The lowest BCUT2D eigenvalue weighted by Crippen LogP contribution is -2.23. The van der Waals surface area contributed by atoms with Gasteiger partial charge in [0, 0.05) is 19.3 Å². The number of hydrogen-bond acceptors (Lipinski definition) is 2. The summed E-state index contributed by atoms with van der Waals surface area (Å²) in [6, 6.07) is 25.5. The summed E-state index contributed by atoms with van der Waals surface area (Å²) < 4.78 is 0. The second kappa shape index (κ2) is 7.78. The molecular formula is C22H24N2. The van der Waals surface area contributed by atoms with E-state index in [0.717, 1.165) is 18.9 Å². The molecule has 2 heteroatoms. The highest BCUT2D eigenvalue weighted by Gasteiger charge is 2.10. The number of rotatable bonds is 6. The van der Waals surface area contributed by atoms with E-state index in [1.54, 1.807) is 0 Å². The monoisotopic (exact) mass is 316 g/mol. The fourth-order valence-corrected chi connectivity index (χ4v) is 2.75. The fourth-order valence-electron chi connectivity index (χ4n) is 2.75. The van der Waals surface area contributed by atoms with Crippen molar-refractivity contribution in [2.45, 2.75) is 32.9 Å². The van der Waals surface area contributed by atoms with Gasteiger partial charge in [0.05, 0.1) is 0 Å². The third kappa shape index (κ3) is 4.23. The summed E-state index contributed by atoms with van der Waals surface area (Å²) in [5.41, 5.74) is 3.87. The molecule has 0 amide bonds. The SMILES string of the molecule is CC(C)c1ccc(N(Cc2ccccc2)Cc2ccccc2)nc1. The molecule has 0 aliphatic carbocycles. The van der Waals surface area contributed by atoms with E-state index in [0.29, 0.717) is 5.92 Å². The molecule has 3 aromatic rings. The molecule has 0 atom stereocenters. The zero-order valence-electron chi connectivity index (χ0n) is 14.4. The standard InChI is InChI=1S/C22H24N2/c1-18(2)21-13-14-22(23-15-21)24(16-19-9-5-3-6-10-19)17-20-11-7-4-8-12-20/h3-15,18H,16-17H2,1-2H3. The van der Waals surface area contributed by atoms with Gasteiger partial charge in [-0.2, -0.15) is 0 Å². The zero-order chi connectivity index (χ0) is 16.8. The second-order valence-electron chi connectivity index (χ2n) is 6.43. The summed E-state index contributed by atoms with van der Waals surface area (Å²) in [5, 5.41) is 0. The van der Waals surface area contributed by atoms with Gasteiger partial charge in [0.1, 0.15) is 5.82 Å². The van der Waals surface area contributed by atoms with Crippen LogP contribution >= 0.6 is 0 Å². The molecule has 0 aliphatic heterocycles. The van der Waals surface area contributed by atoms with Crippen molar-refractivity contribution in [2.75, 3.05) is 4.90 Å². The van der Waals surface area contributed by atoms with Gasteiger partial charge >= 0.3 is 0 Å². The van der Waals surface area contributed by atoms with Crippen molar-refractivity contribution < 1.29 is 0 Å². The van der Waals surface area contributed by atoms with Crippen LogP contribution in [0.1, 0.15) is 36.5 Å². The van der Waals surface area contributed by atoms with E-state index in [9.17, 15) is 0 Å². The number of pyridine rings is 1. The first kappa shape index (κ1) is 16.3. The topological polar surface area (TPSA) is 16.1 Å². The van der Waals surface area contributed by atoms with Crippen LogP contribution in [0.2, 0.25) is 0 Å². The first-order valence-corrected chi connectivity index (χ1v) is 8.51. The fraction of sp³-hybridized carbons (Fsp3) is 0.227. The minimum absolute atomic E-state index is 0.503. The summed E-state index contributed by atoms with van der Waals surface area (Å²) >= 11 is 0. The van der Waals surface area contributed by atoms with E-state index < -0.39 is 0 Å². The predicted octanol–water partition coefficient (Wildman–Crippen LogP) is 5.41. The Morgan fingerprint density at radius 3 is 1.71 bits per heavy atom. The van der Waals surface area contributed by atoms with Gasteiger partial charge in [-0.1, -0.05) is 80.6 Å². The third-order valence-corrected chi connectivity index (χ3v) is 4.19. The Kier molecular flexibility index (Phi) is 5.27. The Morgan fingerprint density at radius 1 is 0.750 bits per heavy atom. The van der Waals surface area contributed by atoms with Crippen LogP contribution in [0.4, 0.5) is 5.82 Å². The maximum absolute atomic E-state index is 4.72. The van der Waals surface area contributed by atoms with Gasteiger partial charge in [0.25, 0.3) is 0 Å². The van der Waals surface area contributed by atoms with Gasteiger partial charge in [0.15, 0.2) is 0 Å². The van der Waals surface area contributed by atoms with Crippen LogP contribution in [-0.4, -0.2) is 4.98 Å². The number of aromatic nitrogens is 1. The molecule has 0 unspecified atom stereocenters. The molecule has 0 radical (unpaired) electrons. The van der Waals surface area contributed by atoms with Crippen molar-refractivity contribution in [1.82, 2.24) is 4.98 Å². The van der Waals surface area contributed by atoms with E-state index >= 15 is 0 Å². The van der Waals surface area contributed by atoms with E-state index in [4.69, 9.17) is 4.98 Å². The van der Waals surface area contributed by atoms with Crippen molar-refractivity contribution >= 4 is 5.82 Å². The molecule has 0 saturated carbocycles. The first-order valence-electron chi connectivity index (χ1n) is 8.51. The summed E-state index contributed by atoms with van der Waals surface area (Å²) in [7, 11) is 0. The van der Waals surface area contributed by atoms with Gasteiger partial charge in [-0.05, 0) is 28.7 Å². The Labute approximate surface area is 144 Å². The number of nitrogens with zero attached hydrogens (tertiary/aromatic N) is 2. The molecule has 0 bridgehead atoms. The van der Waals surface area contributed by atoms with Crippen molar-refractivity contribution in [3.8, 4) is 0 Å². The molecule has 2 nitrogen and oxygen atoms in total. The maximum Gasteiger partial charge on any atom is 0.129 e. The highest BCUT2D eigenvalue weighted by atomic mass is 15.2. The average molecular weight is 316 g/mol. The minimum Gasteiger partial charge on any atom is -0.348 e. The van der Waals surface area contributed by atoms with Gasteiger partial charge in [-0.3, -0.25) is 0 Å². The summed E-state index contributed by atoms with van der Waals surface area (Å²) in [6.07, 6.45) is 2.00. The Balaban J connectivity index is 1.86. The number of benzene rings is 2. The molecule has 122 valence electrons. The second-order valence-corrected chi connectivity index (χ2v) is 6.43. The molecule has 0 spiro atoms. The average Bonchev–Trinajstić information content (AvgIpc) is 2.63. The molecule has 3 rings (SSSR count). The van der Waals surface area contributed by atoms with E-state index in [-0.39, 0.29) is 0 Å². The quantitative estimate of drug-likeness (QED) is 0.604. The van der Waals surface area contributed by atoms with Crippen molar-refractivity contribution in [3.05, 3.63) is 95.7 Å². The maximum atomic E-state index is 4.72. The number of anilines is 1. The molecule has 1 heterocycles. The predicted molar refractivity (Wildman–Crippen MR) is 101 cm³/mol. The van der Waals surface area contributed by atoms with Crippen molar-refractivity contribution in [1.29, 1.82) is 0 Å². The summed E-state index contributed by atoms with van der Waals surface area (Å²) in [5.74, 6) is 1.52. The highest BCUT2D eigenvalue weighted by Crippen LogP contribution is 2.21. The van der Waals surface area contributed by atoms with E-state index in [2.05, 4.69) is 91.5 Å². The smallest absolute Gasteiger partial charge is 0.129 e. The third-order valence-electron chi connectivity index (χ3n) is 4.19. The molecule has 0 aliphatic rings. The van der Waals surface area contributed by atoms with Crippen LogP contribution in [-0.2, 0) is 13.1 Å². The molecule has 0 N–H and O–H groups in total. The minimum atomic E-state index is 0.503. The normalized spacial score (nSPS) is 10.8. The Morgan fingerprint density at radius 2 is 1.29 bits per heavy atom. The van der Waals surface area contributed by atoms with Gasteiger partial charge in [0.2, 0.25) is 0 Å².